The zero-order valence-electron chi connectivity index (χ0n) is 12.0. The second kappa shape index (κ2) is 6.38. The summed E-state index contributed by atoms with van der Waals surface area (Å²) in [5.74, 6) is 0.387. The summed E-state index contributed by atoms with van der Waals surface area (Å²) in [6.07, 6.45) is 0.972. The molecule has 0 saturated heterocycles. The van der Waals surface area contributed by atoms with E-state index in [1.165, 1.54) is 0 Å². The minimum absolute atomic E-state index is 0.0928. The van der Waals surface area contributed by atoms with Crippen LogP contribution in [0.5, 0.6) is 0 Å². The number of anilines is 1. The maximum absolute atomic E-state index is 12.8. The summed E-state index contributed by atoms with van der Waals surface area (Å²) in [7, 11) is 0. The number of hydrogen-bond acceptors (Lipinski definition) is 2. The molecule has 0 aromatic heterocycles. The van der Waals surface area contributed by atoms with Crippen LogP contribution in [0.25, 0.3) is 0 Å². The number of nitrogens with two attached hydrogens (primary N) is 1. The monoisotopic (exact) mass is 267 g/mol. The zero-order valence-corrected chi connectivity index (χ0v) is 12.0. The Balaban J connectivity index is 2.36. The van der Waals surface area contributed by atoms with Gasteiger partial charge in [-0.1, -0.05) is 50.6 Å². The molecule has 0 saturated carbocycles. The van der Waals surface area contributed by atoms with Crippen LogP contribution < -0.4 is 5.73 Å². The smallest absolute Gasteiger partial charge is 0.170 e. The minimum Gasteiger partial charge on any atom is -0.399 e. The molecule has 20 heavy (non-hydrogen) atoms. The highest BCUT2D eigenvalue weighted by atomic mass is 16.1. The molecule has 0 aliphatic carbocycles. The Morgan fingerprint density at radius 2 is 1.65 bits per heavy atom. The third-order valence-electron chi connectivity index (χ3n) is 3.85. The Bertz CT molecular complexity index is 560. The molecular formula is C18H21NO. The highest BCUT2D eigenvalue weighted by Gasteiger charge is 2.26. The number of benzene rings is 2. The molecule has 0 bridgehead atoms. The molecule has 0 heterocycles. The molecule has 2 rings (SSSR count). The fraction of sp³-hybridized carbons (Fsp3) is 0.278. The lowest BCUT2D eigenvalue weighted by Gasteiger charge is -2.22. The van der Waals surface area contributed by atoms with Crippen LogP contribution in [0.15, 0.2) is 54.6 Å². The van der Waals surface area contributed by atoms with Crippen molar-refractivity contribution in [3.63, 3.8) is 0 Å². The fourth-order valence-corrected chi connectivity index (χ4v) is 2.46. The molecule has 2 atom stereocenters. The van der Waals surface area contributed by atoms with Crippen molar-refractivity contribution >= 4 is 11.5 Å². The SMILES string of the molecule is CCC(C)C(C(=O)c1ccc(N)cc1)c1ccccc1. The summed E-state index contributed by atoms with van der Waals surface area (Å²) >= 11 is 0. The Hall–Kier alpha value is -2.09. The molecule has 104 valence electrons. The first-order valence-electron chi connectivity index (χ1n) is 7.08. The predicted octanol–water partition coefficient (Wildman–Crippen LogP) is 4.28. The molecule has 2 aromatic carbocycles. The summed E-state index contributed by atoms with van der Waals surface area (Å²) in [4.78, 5) is 12.8. The van der Waals surface area contributed by atoms with E-state index in [0.29, 0.717) is 11.6 Å². The van der Waals surface area contributed by atoms with Gasteiger partial charge in [0, 0.05) is 17.2 Å². The van der Waals surface area contributed by atoms with Gasteiger partial charge in [-0.2, -0.15) is 0 Å². The van der Waals surface area contributed by atoms with Gasteiger partial charge < -0.3 is 5.73 Å². The van der Waals surface area contributed by atoms with E-state index >= 15 is 0 Å². The summed E-state index contributed by atoms with van der Waals surface area (Å²) in [6, 6.07) is 17.2. The lowest BCUT2D eigenvalue weighted by atomic mass is 9.80. The number of carbonyl (C=O) groups is 1. The molecule has 0 aliphatic heterocycles. The molecule has 0 aliphatic rings. The lowest BCUT2D eigenvalue weighted by Crippen LogP contribution is -2.20. The van der Waals surface area contributed by atoms with Gasteiger partial charge in [0.05, 0.1) is 0 Å². The van der Waals surface area contributed by atoms with Gasteiger partial charge in [-0.15, -0.1) is 0 Å². The van der Waals surface area contributed by atoms with E-state index in [9.17, 15) is 4.79 Å². The topological polar surface area (TPSA) is 43.1 Å². The van der Waals surface area contributed by atoms with Crippen LogP contribution in [0.1, 0.15) is 42.1 Å². The second-order valence-corrected chi connectivity index (χ2v) is 5.26. The van der Waals surface area contributed by atoms with Crippen molar-refractivity contribution in [2.45, 2.75) is 26.2 Å². The molecule has 2 heteroatoms. The number of nitrogen functional groups attached to an aromatic ring is 1. The number of ketones is 1. The van der Waals surface area contributed by atoms with E-state index in [1.807, 2.05) is 42.5 Å². The van der Waals surface area contributed by atoms with Crippen molar-refractivity contribution in [3.8, 4) is 0 Å². The maximum atomic E-state index is 12.8. The van der Waals surface area contributed by atoms with Gasteiger partial charge in [-0.3, -0.25) is 4.79 Å². The summed E-state index contributed by atoms with van der Waals surface area (Å²) in [6.45, 7) is 4.25. The van der Waals surface area contributed by atoms with E-state index in [4.69, 9.17) is 5.73 Å². The summed E-state index contributed by atoms with van der Waals surface area (Å²) in [5.41, 5.74) is 8.19. The van der Waals surface area contributed by atoms with E-state index in [1.54, 1.807) is 12.1 Å². The normalized spacial score (nSPS) is 13.7. The van der Waals surface area contributed by atoms with E-state index in [2.05, 4.69) is 13.8 Å². The second-order valence-electron chi connectivity index (χ2n) is 5.26. The largest absolute Gasteiger partial charge is 0.399 e. The Morgan fingerprint density at radius 1 is 1.05 bits per heavy atom. The van der Waals surface area contributed by atoms with Crippen LogP contribution in [0, 0.1) is 5.92 Å². The molecule has 0 amide bonds. The fourth-order valence-electron chi connectivity index (χ4n) is 2.46. The molecule has 2 nitrogen and oxygen atoms in total. The number of hydrogen-bond donors (Lipinski definition) is 1. The average Bonchev–Trinajstić information content (AvgIpc) is 2.49. The first-order chi connectivity index (χ1) is 9.63. The third-order valence-corrected chi connectivity index (χ3v) is 3.85. The Kier molecular flexibility index (Phi) is 4.57. The third kappa shape index (κ3) is 3.08. The predicted molar refractivity (Wildman–Crippen MR) is 83.8 cm³/mol. The van der Waals surface area contributed by atoms with Crippen LogP contribution in [-0.2, 0) is 0 Å². The average molecular weight is 267 g/mol. The molecule has 2 N–H and O–H groups in total. The lowest BCUT2D eigenvalue weighted by molar-refractivity contribution is 0.0932. The Labute approximate surface area is 120 Å². The molecule has 0 radical (unpaired) electrons. The van der Waals surface area contributed by atoms with Crippen LogP contribution in [-0.4, -0.2) is 5.78 Å². The summed E-state index contributed by atoms with van der Waals surface area (Å²) in [5, 5.41) is 0. The van der Waals surface area contributed by atoms with Gasteiger partial charge in [0.25, 0.3) is 0 Å². The minimum atomic E-state index is -0.0928. The van der Waals surface area contributed by atoms with Crippen molar-refractivity contribution in [3.05, 3.63) is 65.7 Å². The van der Waals surface area contributed by atoms with Crippen molar-refractivity contribution in [1.29, 1.82) is 0 Å². The molecule has 0 fully saturated rings. The van der Waals surface area contributed by atoms with Crippen LogP contribution >= 0.6 is 0 Å². The van der Waals surface area contributed by atoms with Gasteiger partial charge >= 0.3 is 0 Å². The van der Waals surface area contributed by atoms with Gasteiger partial charge in [-0.05, 0) is 35.7 Å². The number of rotatable bonds is 5. The highest BCUT2D eigenvalue weighted by Crippen LogP contribution is 2.30. The van der Waals surface area contributed by atoms with E-state index in [0.717, 1.165) is 17.5 Å². The quantitative estimate of drug-likeness (QED) is 0.649. The molecule has 2 aromatic rings. The zero-order chi connectivity index (χ0) is 14.5. The maximum Gasteiger partial charge on any atom is 0.170 e. The molecular weight excluding hydrogens is 246 g/mol. The first kappa shape index (κ1) is 14.3. The van der Waals surface area contributed by atoms with E-state index in [-0.39, 0.29) is 11.7 Å². The van der Waals surface area contributed by atoms with Crippen molar-refractivity contribution in [2.24, 2.45) is 5.92 Å². The van der Waals surface area contributed by atoms with E-state index < -0.39 is 0 Å². The van der Waals surface area contributed by atoms with Gasteiger partial charge in [0.1, 0.15) is 0 Å². The van der Waals surface area contributed by atoms with Gasteiger partial charge in [0.15, 0.2) is 5.78 Å². The van der Waals surface area contributed by atoms with Crippen LogP contribution in [0.2, 0.25) is 0 Å². The standard InChI is InChI=1S/C18H21NO/c1-3-13(2)17(14-7-5-4-6-8-14)18(20)15-9-11-16(19)12-10-15/h4-13,17H,3,19H2,1-2H3. The number of carbonyl (C=O) groups excluding carboxylic acids is 1. The number of Topliss-reactive ketones (excluding diaryl/α,β-unsaturated/α-hetero) is 1. The summed E-state index contributed by atoms with van der Waals surface area (Å²) < 4.78 is 0. The van der Waals surface area contributed by atoms with Crippen molar-refractivity contribution < 1.29 is 4.79 Å². The molecule has 2 unspecified atom stereocenters. The van der Waals surface area contributed by atoms with Gasteiger partial charge in [0.2, 0.25) is 0 Å². The van der Waals surface area contributed by atoms with Crippen molar-refractivity contribution in [2.75, 3.05) is 5.73 Å². The highest BCUT2D eigenvalue weighted by molar-refractivity contribution is 6.01. The first-order valence-corrected chi connectivity index (χ1v) is 7.08. The molecule has 0 spiro atoms. The van der Waals surface area contributed by atoms with Crippen LogP contribution in [0.3, 0.4) is 0 Å². The van der Waals surface area contributed by atoms with Gasteiger partial charge in [-0.25, -0.2) is 0 Å². The Morgan fingerprint density at radius 3 is 2.20 bits per heavy atom. The van der Waals surface area contributed by atoms with Crippen molar-refractivity contribution in [1.82, 2.24) is 0 Å². The van der Waals surface area contributed by atoms with Crippen LogP contribution in [0.4, 0.5) is 5.69 Å².